The monoisotopic (exact) mass is 411 g/mol. The third-order valence-corrected chi connectivity index (χ3v) is 5.74. The van der Waals surface area contributed by atoms with Gasteiger partial charge >= 0.3 is 0 Å². The van der Waals surface area contributed by atoms with E-state index in [0.29, 0.717) is 12.0 Å². The van der Waals surface area contributed by atoms with E-state index in [9.17, 15) is 15.0 Å². The molecule has 0 spiro atoms. The van der Waals surface area contributed by atoms with E-state index >= 15 is 0 Å². The molecule has 1 aliphatic rings. The molecule has 162 valence electrons. The Hall–Kier alpha value is -2.57. The molecule has 1 amide bonds. The van der Waals surface area contributed by atoms with Gasteiger partial charge in [-0.3, -0.25) is 9.69 Å². The minimum absolute atomic E-state index is 0.0562. The number of aliphatic hydroxyl groups is 1. The SMILES string of the molecule is CN(C)C(=O)c1cc(C(O)CCCCN2CCN(c3ccccc3)CC2)ccc1O. The second-order valence-corrected chi connectivity index (χ2v) is 8.15. The topological polar surface area (TPSA) is 67.3 Å². The molecule has 1 fully saturated rings. The molecule has 3 rings (SSSR count). The van der Waals surface area contributed by atoms with Gasteiger partial charge in [0.2, 0.25) is 0 Å². The standard InChI is InChI=1S/C24H33N3O3/c1-25(2)24(30)21-18-19(11-12-23(21)29)22(28)10-6-7-13-26-14-16-27(17-15-26)20-8-4-3-5-9-20/h3-5,8-9,11-12,18,22,28-29H,6-7,10,13-17H2,1-2H3. The van der Waals surface area contributed by atoms with Crippen LogP contribution >= 0.6 is 0 Å². The zero-order chi connectivity index (χ0) is 21.5. The molecule has 0 aliphatic carbocycles. The number of hydrogen-bond donors (Lipinski definition) is 2. The third-order valence-electron chi connectivity index (χ3n) is 5.74. The van der Waals surface area contributed by atoms with Crippen LogP contribution in [0.3, 0.4) is 0 Å². The van der Waals surface area contributed by atoms with Crippen LogP contribution in [0.4, 0.5) is 5.69 Å². The summed E-state index contributed by atoms with van der Waals surface area (Å²) in [6.45, 7) is 5.25. The van der Waals surface area contributed by atoms with Crippen molar-refractivity contribution >= 4 is 11.6 Å². The summed E-state index contributed by atoms with van der Waals surface area (Å²) in [4.78, 5) is 18.5. The first-order valence-electron chi connectivity index (χ1n) is 10.7. The van der Waals surface area contributed by atoms with Crippen LogP contribution in [0.2, 0.25) is 0 Å². The van der Waals surface area contributed by atoms with E-state index in [4.69, 9.17) is 0 Å². The normalized spacial score (nSPS) is 15.8. The maximum atomic E-state index is 12.2. The number of rotatable bonds is 8. The molecular formula is C24H33N3O3. The molecule has 2 N–H and O–H groups in total. The fourth-order valence-corrected chi connectivity index (χ4v) is 3.88. The fourth-order valence-electron chi connectivity index (χ4n) is 3.88. The van der Waals surface area contributed by atoms with Crippen LogP contribution in [0.15, 0.2) is 48.5 Å². The largest absolute Gasteiger partial charge is 0.507 e. The van der Waals surface area contributed by atoms with E-state index in [2.05, 4.69) is 34.1 Å². The van der Waals surface area contributed by atoms with Crippen LogP contribution in [0.25, 0.3) is 0 Å². The minimum atomic E-state index is -0.630. The Morgan fingerprint density at radius 1 is 1.03 bits per heavy atom. The predicted octanol–water partition coefficient (Wildman–Crippen LogP) is 3.12. The molecule has 1 unspecified atom stereocenters. The van der Waals surface area contributed by atoms with Gasteiger partial charge in [0, 0.05) is 46.0 Å². The summed E-state index contributed by atoms with van der Waals surface area (Å²) in [5, 5.41) is 20.5. The molecular weight excluding hydrogens is 378 g/mol. The molecule has 2 aromatic carbocycles. The maximum Gasteiger partial charge on any atom is 0.257 e. The van der Waals surface area contributed by atoms with Crippen LogP contribution < -0.4 is 4.90 Å². The molecule has 2 aromatic rings. The van der Waals surface area contributed by atoms with Crippen molar-refractivity contribution in [2.75, 3.05) is 51.7 Å². The predicted molar refractivity (Wildman–Crippen MR) is 120 cm³/mol. The second kappa shape index (κ2) is 10.5. The third kappa shape index (κ3) is 5.74. The Bertz CT molecular complexity index is 818. The van der Waals surface area contributed by atoms with E-state index < -0.39 is 6.10 Å². The van der Waals surface area contributed by atoms with E-state index in [-0.39, 0.29) is 17.2 Å². The second-order valence-electron chi connectivity index (χ2n) is 8.15. The van der Waals surface area contributed by atoms with Crippen molar-refractivity contribution in [3.63, 3.8) is 0 Å². The van der Waals surface area contributed by atoms with Gasteiger partial charge in [-0.05, 0) is 55.6 Å². The zero-order valence-electron chi connectivity index (χ0n) is 18.0. The van der Waals surface area contributed by atoms with Gasteiger partial charge in [-0.2, -0.15) is 0 Å². The van der Waals surface area contributed by atoms with Crippen molar-refractivity contribution in [2.24, 2.45) is 0 Å². The highest BCUT2D eigenvalue weighted by molar-refractivity contribution is 5.96. The number of anilines is 1. The molecule has 6 nitrogen and oxygen atoms in total. The molecule has 0 bridgehead atoms. The zero-order valence-corrected chi connectivity index (χ0v) is 18.0. The van der Waals surface area contributed by atoms with Gasteiger partial charge in [0.15, 0.2) is 0 Å². The molecule has 30 heavy (non-hydrogen) atoms. The Morgan fingerprint density at radius 3 is 2.40 bits per heavy atom. The van der Waals surface area contributed by atoms with E-state index in [1.165, 1.54) is 16.7 Å². The van der Waals surface area contributed by atoms with Gasteiger partial charge in [-0.1, -0.05) is 24.3 Å². The van der Waals surface area contributed by atoms with Crippen molar-refractivity contribution in [3.05, 3.63) is 59.7 Å². The summed E-state index contributed by atoms with van der Waals surface area (Å²) in [7, 11) is 3.29. The Morgan fingerprint density at radius 2 is 1.73 bits per heavy atom. The number of hydrogen-bond acceptors (Lipinski definition) is 5. The molecule has 1 atom stereocenters. The number of phenolic OH excluding ortho intramolecular Hbond substituents is 1. The highest BCUT2D eigenvalue weighted by atomic mass is 16.3. The molecule has 0 radical (unpaired) electrons. The molecule has 1 aliphatic heterocycles. The van der Waals surface area contributed by atoms with Crippen LogP contribution in [0.5, 0.6) is 5.75 Å². The fraction of sp³-hybridized carbons (Fsp3) is 0.458. The average molecular weight is 412 g/mol. The summed E-state index contributed by atoms with van der Waals surface area (Å²) in [5.41, 5.74) is 2.20. The first-order chi connectivity index (χ1) is 14.5. The average Bonchev–Trinajstić information content (AvgIpc) is 2.77. The summed E-state index contributed by atoms with van der Waals surface area (Å²) >= 11 is 0. The summed E-state index contributed by atoms with van der Waals surface area (Å²) in [6, 6.07) is 15.3. The lowest BCUT2D eigenvalue weighted by atomic mass is 10.0. The number of carbonyl (C=O) groups excluding carboxylic acids is 1. The number of piperazine rings is 1. The maximum absolute atomic E-state index is 12.2. The lowest BCUT2D eigenvalue weighted by Gasteiger charge is -2.36. The summed E-state index contributed by atoms with van der Waals surface area (Å²) < 4.78 is 0. The number of aliphatic hydroxyl groups excluding tert-OH is 1. The van der Waals surface area contributed by atoms with Crippen LogP contribution in [0, 0.1) is 0 Å². The highest BCUT2D eigenvalue weighted by Crippen LogP contribution is 2.26. The van der Waals surface area contributed by atoms with E-state index in [1.807, 2.05) is 6.07 Å². The van der Waals surface area contributed by atoms with Crippen LogP contribution in [-0.2, 0) is 0 Å². The van der Waals surface area contributed by atoms with Gasteiger partial charge in [-0.25, -0.2) is 0 Å². The van der Waals surface area contributed by atoms with Crippen molar-refractivity contribution < 1.29 is 15.0 Å². The first kappa shape index (κ1) is 22.1. The Balaban J connectivity index is 1.41. The van der Waals surface area contributed by atoms with Crippen LogP contribution in [-0.4, -0.2) is 72.7 Å². The van der Waals surface area contributed by atoms with E-state index in [0.717, 1.165) is 45.6 Å². The first-order valence-corrected chi connectivity index (χ1v) is 10.7. The molecule has 1 heterocycles. The van der Waals surface area contributed by atoms with Crippen molar-refractivity contribution in [3.8, 4) is 5.75 Å². The van der Waals surface area contributed by atoms with E-state index in [1.54, 1.807) is 26.2 Å². The van der Waals surface area contributed by atoms with Gasteiger partial charge in [0.05, 0.1) is 11.7 Å². The van der Waals surface area contributed by atoms with Crippen molar-refractivity contribution in [1.82, 2.24) is 9.80 Å². The number of nitrogens with zero attached hydrogens (tertiary/aromatic N) is 3. The number of benzene rings is 2. The molecule has 0 saturated carbocycles. The number of amides is 1. The summed E-state index contributed by atoms with van der Waals surface area (Å²) in [6.07, 6.45) is 1.96. The lowest BCUT2D eigenvalue weighted by Crippen LogP contribution is -2.46. The highest BCUT2D eigenvalue weighted by Gasteiger charge is 2.18. The van der Waals surface area contributed by atoms with Gasteiger partial charge in [0.1, 0.15) is 5.75 Å². The van der Waals surface area contributed by atoms with Crippen molar-refractivity contribution in [2.45, 2.75) is 25.4 Å². The number of carbonyl (C=O) groups is 1. The Kier molecular flexibility index (Phi) is 7.71. The van der Waals surface area contributed by atoms with Gasteiger partial charge in [-0.15, -0.1) is 0 Å². The summed E-state index contributed by atoms with van der Waals surface area (Å²) in [5.74, 6) is -0.324. The molecule has 0 aromatic heterocycles. The Labute approximate surface area is 179 Å². The molecule has 6 heteroatoms. The quantitative estimate of drug-likeness (QED) is 0.654. The number of phenols is 1. The van der Waals surface area contributed by atoms with Gasteiger partial charge < -0.3 is 20.0 Å². The van der Waals surface area contributed by atoms with Gasteiger partial charge in [0.25, 0.3) is 5.91 Å². The van der Waals surface area contributed by atoms with Crippen LogP contribution in [0.1, 0.15) is 41.3 Å². The number of para-hydroxylation sites is 1. The lowest BCUT2D eigenvalue weighted by molar-refractivity contribution is 0.0824. The molecule has 1 saturated heterocycles. The van der Waals surface area contributed by atoms with Crippen molar-refractivity contribution in [1.29, 1.82) is 0 Å². The number of unbranched alkanes of at least 4 members (excludes halogenated alkanes) is 1. The smallest absolute Gasteiger partial charge is 0.257 e. The number of aromatic hydroxyl groups is 1. The minimum Gasteiger partial charge on any atom is -0.507 e.